The first-order valence-electron chi connectivity index (χ1n) is 5.46. The summed E-state index contributed by atoms with van der Waals surface area (Å²) in [7, 11) is 0. The minimum atomic E-state index is -0.140. The minimum absolute atomic E-state index is 0.140. The number of esters is 1. The lowest BCUT2D eigenvalue weighted by atomic mass is 9.98. The second-order valence-electron chi connectivity index (χ2n) is 3.81. The normalized spacial score (nSPS) is 17.7. The smallest absolute Gasteiger partial charge is 0.306 e. The van der Waals surface area contributed by atoms with Crippen molar-refractivity contribution in [3.63, 3.8) is 0 Å². The second kappa shape index (κ2) is 6.57. The number of hydrogen-bond donors (Lipinski definition) is 0. The van der Waals surface area contributed by atoms with Crippen molar-refractivity contribution >= 4 is 12.3 Å². The third-order valence-electron chi connectivity index (χ3n) is 2.55. The number of ether oxygens (including phenoxy) is 1. The largest absolute Gasteiger partial charge is 0.462 e. The summed E-state index contributed by atoms with van der Waals surface area (Å²) >= 11 is 0. The van der Waals surface area contributed by atoms with Crippen LogP contribution in [0.1, 0.15) is 51.4 Å². The molecule has 1 aliphatic carbocycles. The molecule has 0 spiro atoms. The summed E-state index contributed by atoms with van der Waals surface area (Å²) in [6.07, 6.45) is 8.08. The lowest BCUT2D eigenvalue weighted by molar-refractivity contribution is -0.150. The van der Waals surface area contributed by atoms with E-state index in [2.05, 4.69) is 0 Å². The van der Waals surface area contributed by atoms with Crippen molar-refractivity contribution in [1.82, 2.24) is 0 Å². The number of carbonyl (C=O) groups excluding carboxylic acids is 2. The zero-order valence-electron chi connectivity index (χ0n) is 8.54. The van der Waals surface area contributed by atoms with Gasteiger partial charge in [-0.25, -0.2) is 0 Å². The highest BCUT2D eigenvalue weighted by Crippen LogP contribution is 2.20. The fourth-order valence-electron chi connectivity index (χ4n) is 1.76. The zero-order chi connectivity index (χ0) is 10.2. The van der Waals surface area contributed by atoms with Crippen molar-refractivity contribution in [2.45, 2.75) is 57.5 Å². The molecule has 3 nitrogen and oxygen atoms in total. The van der Waals surface area contributed by atoms with Gasteiger partial charge in [0.05, 0.1) is 0 Å². The van der Waals surface area contributed by atoms with Crippen LogP contribution in [-0.2, 0) is 14.3 Å². The molecule has 14 heavy (non-hydrogen) atoms. The van der Waals surface area contributed by atoms with E-state index < -0.39 is 0 Å². The number of rotatable bonds is 5. The molecule has 0 aliphatic heterocycles. The molecule has 0 aromatic carbocycles. The third kappa shape index (κ3) is 4.40. The van der Waals surface area contributed by atoms with Crippen molar-refractivity contribution in [3.05, 3.63) is 0 Å². The predicted octanol–water partition coefficient (Wildman–Crippen LogP) is 2.23. The van der Waals surface area contributed by atoms with Crippen molar-refractivity contribution in [2.75, 3.05) is 0 Å². The Hall–Kier alpha value is -0.860. The third-order valence-corrected chi connectivity index (χ3v) is 2.55. The SMILES string of the molecule is O=CCCCC(=O)OC1CCCCC1. The van der Waals surface area contributed by atoms with Gasteiger partial charge in [-0.05, 0) is 32.1 Å². The quantitative estimate of drug-likeness (QED) is 0.386. The summed E-state index contributed by atoms with van der Waals surface area (Å²) in [6.45, 7) is 0. The van der Waals surface area contributed by atoms with Gasteiger partial charge in [0, 0.05) is 12.8 Å². The van der Waals surface area contributed by atoms with Gasteiger partial charge in [-0.1, -0.05) is 6.42 Å². The maximum Gasteiger partial charge on any atom is 0.306 e. The standard InChI is InChI=1S/C11H18O3/c12-9-5-4-8-11(13)14-10-6-2-1-3-7-10/h9-10H,1-8H2. The summed E-state index contributed by atoms with van der Waals surface area (Å²) in [5.74, 6) is -0.140. The zero-order valence-corrected chi connectivity index (χ0v) is 8.54. The van der Waals surface area contributed by atoms with Crippen LogP contribution in [0, 0.1) is 0 Å². The first-order valence-corrected chi connectivity index (χ1v) is 5.46. The Morgan fingerprint density at radius 3 is 2.64 bits per heavy atom. The van der Waals surface area contributed by atoms with Gasteiger partial charge in [-0.15, -0.1) is 0 Å². The van der Waals surface area contributed by atoms with Crippen LogP contribution in [0.15, 0.2) is 0 Å². The molecule has 0 bridgehead atoms. The van der Waals surface area contributed by atoms with Gasteiger partial charge in [-0.3, -0.25) is 4.79 Å². The molecule has 0 N–H and O–H groups in total. The van der Waals surface area contributed by atoms with Crippen LogP contribution >= 0.6 is 0 Å². The summed E-state index contributed by atoms with van der Waals surface area (Å²) in [5, 5.41) is 0. The summed E-state index contributed by atoms with van der Waals surface area (Å²) in [4.78, 5) is 21.3. The van der Waals surface area contributed by atoms with Crippen molar-refractivity contribution in [1.29, 1.82) is 0 Å². The molecule has 1 aliphatic rings. The molecular weight excluding hydrogens is 180 g/mol. The van der Waals surface area contributed by atoms with Crippen molar-refractivity contribution in [3.8, 4) is 0 Å². The minimum Gasteiger partial charge on any atom is -0.462 e. The van der Waals surface area contributed by atoms with Crippen LogP contribution in [0.25, 0.3) is 0 Å². The Kier molecular flexibility index (Phi) is 5.27. The van der Waals surface area contributed by atoms with Crippen LogP contribution in [0.4, 0.5) is 0 Å². The molecule has 1 rings (SSSR count). The maximum absolute atomic E-state index is 11.2. The Bertz CT molecular complexity index is 183. The Labute approximate surface area is 84.8 Å². The van der Waals surface area contributed by atoms with Crippen LogP contribution in [0.5, 0.6) is 0 Å². The van der Waals surface area contributed by atoms with E-state index in [0.29, 0.717) is 19.3 Å². The lowest BCUT2D eigenvalue weighted by Crippen LogP contribution is -2.20. The van der Waals surface area contributed by atoms with Gasteiger partial charge >= 0.3 is 5.97 Å². The molecule has 0 unspecified atom stereocenters. The van der Waals surface area contributed by atoms with Gasteiger partial charge in [0.2, 0.25) is 0 Å². The topological polar surface area (TPSA) is 43.4 Å². The summed E-state index contributed by atoms with van der Waals surface area (Å²) in [6, 6.07) is 0. The average molecular weight is 198 g/mol. The van der Waals surface area contributed by atoms with E-state index in [1.54, 1.807) is 0 Å². The van der Waals surface area contributed by atoms with Crippen LogP contribution < -0.4 is 0 Å². The fraction of sp³-hybridized carbons (Fsp3) is 0.818. The first-order chi connectivity index (χ1) is 6.83. The van der Waals surface area contributed by atoms with Gasteiger partial charge < -0.3 is 9.53 Å². The number of hydrogen-bond acceptors (Lipinski definition) is 3. The molecule has 0 atom stereocenters. The summed E-state index contributed by atoms with van der Waals surface area (Å²) in [5.41, 5.74) is 0. The van der Waals surface area contributed by atoms with E-state index in [1.165, 1.54) is 19.3 Å². The van der Waals surface area contributed by atoms with Gasteiger partial charge in [0.25, 0.3) is 0 Å². The van der Waals surface area contributed by atoms with E-state index in [-0.39, 0.29) is 12.1 Å². The molecular formula is C11H18O3. The van der Waals surface area contributed by atoms with E-state index in [9.17, 15) is 9.59 Å². The molecule has 0 heterocycles. The molecule has 1 fully saturated rings. The van der Waals surface area contributed by atoms with Crippen molar-refractivity contribution in [2.24, 2.45) is 0 Å². The number of unbranched alkanes of at least 4 members (excludes halogenated alkanes) is 1. The van der Waals surface area contributed by atoms with Crippen LogP contribution in [0.3, 0.4) is 0 Å². The molecule has 3 heteroatoms. The van der Waals surface area contributed by atoms with E-state index in [4.69, 9.17) is 4.74 Å². The van der Waals surface area contributed by atoms with E-state index in [1.807, 2.05) is 0 Å². The van der Waals surface area contributed by atoms with Gasteiger partial charge in [0.15, 0.2) is 0 Å². The first kappa shape index (κ1) is 11.2. The van der Waals surface area contributed by atoms with E-state index in [0.717, 1.165) is 19.1 Å². The molecule has 80 valence electrons. The predicted molar refractivity (Wildman–Crippen MR) is 52.9 cm³/mol. The van der Waals surface area contributed by atoms with Crippen LogP contribution in [0.2, 0.25) is 0 Å². The Balaban J connectivity index is 2.09. The molecule has 0 amide bonds. The summed E-state index contributed by atoms with van der Waals surface area (Å²) < 4.78 is 5.28. The average Bonchev–Trinajstić information content (AvgIpc) is 2.20. The fourth-order valence-corrected chi connectivity index (χ4v) is 1.76. The molecule has 0 aromatic heterocycles. The molecule has 0 saturated heterocycles. The highest BCUT2D eigenvalue weighted by atomic mass is 16.5. The molecule has 1 saturated carbocycles. The highest BCUT2D eigenvalue weighted by Gasteiger charge is 2.16. The lowest BCUT2D eigenvalue weighted by Gasteiger charge is -2.21. The van der Waals surface area contributed by atoms with Crippen molar-refractivity contribution < 1.29 is 14.3 Å². The maximum atomic E-state index is 11.2. The van der Waals surface area contributed by atoms with Gasteiger partial charge in [0.1, 0.15) is 12.4 Å². The Morgan fingerprint density at radius 2 is 2.00 bits per heavy atom. The van der Waals surface area contributed by atoms with Crippen LogP contribution in [-0.4, -0.2) is 18.4 Å². The number of aldehydes is 1. The number of carbonyl (C=O) groups is 2. The highest BCUT2D eigenvalue weighted by molar-refractivity contribution is 5.69. The monoisotopic (exact) mass is 198 g/mol. The Morgan fingerprint density at radius 1 is 1.29 bits per heavy atom. The second-order valence-corrected chi connectivity index (χ2v) is 3.81. The van der Waals surface area contributed by atoms with Gasteiger partial charge in [-0.2, -0.15) is 0 Å². The molecule has 0 radical (unpaired) electrons. The molecule has 0 aromatic rings. The van der Waals surface area contributed by atoms with E-state index >= 15 is 0 Å².